The molecule has 4 nitrogen and oxygen atoms in total. The zero-order valence-electron chi connectivity index (χ0n) is 12.5. The maximum atomic E-state index is 5.40. The monoisotopic (exact) mass is 253 g/mol. The summed E-state index contributed by atoms with van der Waals surface area (Å²) in [6, 6.07) is 0.904. The van der Waals surface area contributed by atoms with E-state index in [0.717, 1.165) is 18.6 Å². The molecule has 0 fully saturated rings. The van der Waals surface area contributed by atoms with Crippen LogP contribution in [0.2, 0.25) is 0 Å². The van der Waals surface area contributed by atoms with Crippen LogP contribution < -0.4 is 10.1 Å². The Morgan fingerprint density at radius 1 is 1.33 bits per heavy atom. The van der Waals surface area contributed by atoms with Crippen LogP contribution in [0, 0.1) is 5.92 Å². The first-order chi connectivity index (χ1) is 8.51. The first-order valence-electron chi connectivity index (χ1n) is 6.78. The van der Waals surface area contributed by atoms with Crippen LogP contribution in [0.4, 0.5) is 0 Å². The average molecular weight is 253 g/mol. The second kappa shape index (κ2) is 6.78. The van der Waals surface area contributed by atoms with E-state index in [0.29, 0.717) is 18.0 Å². The van der Waals surface area contributed by atoms with Gasteiger partial charge in [-0.15, -0.1) is 0 Å². The smallest absolute Gasteiger partial charge is 0.159 e. The molecule has 1 N–H and O–H groups in total. The molecule has 1 aromatic heterocycles. The lowest BCUT2D eigenvalue weighted by atomic mass is 9.98. The number of methoxy groups -OCH3 is 1. The van der Waals surface area contributed by atoms with Crippen molar-refractivity contribution in [1.29, 1.82) is 0 Å². The van der Waals surface area contributed by atoms with Crippen LogP contribution in [-0.2, 0) is 6.42 Å². The van der Waals surface area contributed by atoms with Gasteiger partial charge in [-0.3, -0.25) is 4.68 Å². The molecule has 0 radical (unpaired) electrons. The molecule has 1 aromatic rings. The first kappa shape index (κ1) is 15.0. The standard InChI is InChI=1S/C14H27N3O/c1-10(2)12(15-5)7-8-13-14(18-6)9-16-17(13)11(3)4/h9-12,15H,7-8H2,1-6H3. The van der Waals surface area contributed by atoms with Crippen molar-refractivity contribution < 1.29 is 4.74 Å². The van der Waals surface area contributed by atoms with E-state index in [1.165, 1.54) is 5.69 Å². The molecule has 1 unspecified atom stereocenters. The Balaban J connectivity index is 2.79. The Kier molecular flexibility index (Phi) is 5.66. The number of nitrogens with zero attached hydrogens (tertiary/aromatic N) is 2. The molecule has 0 spiro atoms. The summed E-state index contributed by atoms with van der Waals surface area (Å²) in [5, 5.41) is 7.79. The summed E-state index contributed by atoms with van der Waals surface area (Å²) in [7, 11) is 3.74. The van der Waals surface area contributed by atoms with Crippen LogP contribution in [0.15, 0.2) is 6.20 Å². The third-order valence-corrected chi connectivity index (χ3v) is 3.44. The number of ether oxygens (including phenoxy) is 1. The summed E-state index contributed by atoms with van der Waals surface area (Å²) >= 11 is 0. The minimum atomic E-state index is 0.371. The molecule has 1 atom stereocenters. The highest BCUT2D eigenvalue weighted by molar-refractivity contribution is 5.25. The third kappa shape index (κ3) is 3.48. The Hall–Kier alpha value is -1.03. The average Bonchev–Trinajstić information content (AvgIpc) is 2.72. The molecule has 104 valence electrons. The number of nitrogens with one attached hydrogen (secondary N) is 1. The third-order valence-electron chi connectivity index (χ3n) is 3.44. The van der Waals surface area contributed by atoms with Crippen molar-refractivity contribution in [1.82, 2.24) is 15.1 Å². The highest BCUT2D eigenvalue weighted by atomic mass is 16.5. The van der Waals surface area contributed by atoms with E-state index in [-0.39, 0.29) is 0 Å². The minimum Gasteiger partial charge on any atom is -0.493 e. The second-order valence-corrected chi connectivity index (χ2v) is 5.38. The van der Waals surface area contributed by atoms with Crippen LogP contribution in [0.5, 0.6) is 5.75 Å². The fourth-order valence-corrected chi connectivity index (χ4v) is 2.33. The lowest BCUT2D eigenvalue weighted by Crippen LogP contribution is -2.31. The molecule has 18 heavy (non-hydrogen) atoms. The van der Waals surface area contributed by atoms with Crippen LogP contribution in [0.3, 0.4) is 0 Å². The van der Waals surface area contributed by atoms with Gasteiger partial charge in [-0.25, -0.2) is 0 Å². The summed E-state index contributed by atoms with van der Waals surface area (Å²) in [4.78, 5) is 0. The van der Waals surface area contributed by atoms with Crippen LogP contribution in [0.25, 0.3) is 0 Å². The van der Waals surface area contributed by atoms with Gasteiger partial charge in [-0.2, -0.15) is 5.10 Å². The first-order valence-corrected chi connectivity index (χ1v) is 6.78. The lowest BCUT2D eigenvalue weighted by Gasteiger charge is -2.21. The molecule has 0 aliphatic heterocycles. The van der Waals surface area contributed by atoms with Gasteiger partial charge >= 0.3 is 0 Å². The Labute approximate surface area is 111 Å². The predicted molar refractivity (Wildman–Crippen MR) is 75.2 cm³/mol. The van der Waals surface area contributed by atoms with Gasteiger partial charge in [0.25, 0.3) is 0 Å². The topological polar surface area (TPSA) is 39.1 Å². The largest absolute Gasteiger partial charge is 0.493 e. The molecule has 0 saturated carbocycles. The molecule has 0 aliphatic carbocycles. The molecule has 1 rings (SSSR count). The van der Waals surface area contributed by atoms with Gasteiger partial charge in [0, 0.05) is 12.1 Å². The quantitative estimate of drug-likeness (QED) is 0.812. The Bertz CT molecular complexity index is 358. The van der Waals surface area contributed by atoms with Gasteiger partial charge in [0.05, 0.1) is 19.0 Å². The number of hydrogen-bond acceptors (Lipinski definition) is 3. The van der Waals surface area contributed by atoms with Crippen molar-refractivity contribution in [2.24, 2.45) is 5.92 Å². The number of hydrogen-bond donors (Lipinski definition) is 1. The van der Waals surface area contributed by atoms with Crippen molar-refractivity contribution in [3.63, 3.8) is 0 Å². The summed E-state index contributed by atoms with van der Waals surface area (Å²) in [6.45, 7) is 8.79. The van der Waals surface area contributed by atoms with Crippen molar-refractivity contribution >= 4 is 0 Å². The summed E-state index contributed by atoms with van der Waals surface area (Å²) in [5.41, 5.74) is 1.20. The van der Waals surface area contributed by atoms with Gasteiger partial charge in [0.2, 0.25) is 0 Å². The van der Waals surface area contributed by atoms with Crippen LogP contribution >= 0.6 is 0 Å². The van der Waals surface area contributed by atoms with Crippen LogP contribution in [-0.4, -0.2) is 30.0 Å². The predicted octanol–water partition coefficient (Wildman–Crippen LogP) is 2.65. The maximum absolute atomic E-state index is 5.40. The van der Waals surface area contributed by atoms with E-state index in [2.05, 4.69) is 42.8 Å². The SMILES string of the molecule is CNC(CCc1c(OC)cnn1C(C)C)C(C)C. The summed E-state index contributed by atoms with van der Waals surface area (Å²) < 4.78 is 7.46. The van der Waals surface area contributed by atoms with Gasteiger partial charge in [-0.05, 0) is 39.7 Å². The van der Waals surface area contributed by atoms with Gasteiger partial charge in [0.15, 0.2) is 5.75 Å². The maximum Gasteiger partial charge on any atom is 0.159 e. The van der Waals surface area contributed by atoms with E-state index in [9.17, 15) is 0 Å². The molecule has 0 bridgehead atoms. The van der Waals surface area contributed by atoms with E-state index in [1.54, 1.807) is 7.11 Å². The lowest BCUT2D eigenvalue weighted by molar-refractivity contribution is 0.379. The van der Waals surface area contributed by atoms with Crippen molar-refractivity contribution in [2.45, 2.75) is 52.6 Å². The zero-order chi connectivity index (χ0) is 13.7. The van der Waals surface area contributed by atoms with Crippen molar-refractivity contribution in [3.8, 4) is 5.75 Å². The molecular formula is C14H27N3O. The highest BCUT2D eigenvalue weighted by Crippen LogP contribution is 2.23. The minimum absolute atomic E-state index is 0.371. The van der Waals surface area contributed by atoms with E-state index < -0.39 is 0 Å². The van der Waals surface area contributed by atoms with E-state index in [4.69, 9.17) is 4.74 Å². The van der Waals surface area contributed by atoms with Crippen LogP contribution in [0.1, 0.15) is 45.9 Å². The number of rotatable bonds is 7. The Morgan fingerprint density at radius 2 is 2.00 bits per heavy atom. The fraction of sp³-hybridized carbons (Fsp3) is 0.786. The van der Waals surface area contributed by atoms with E-state index in [1.807, 2.05) is 13.2 Å². The molecule has 0 saturated heterocycles. The van der Waals surface area contributed by atoms with Crippen molar-refractivity contribution in [2.75, 3.05) is 14.2 Å². The molecule has 0 aliphatic rings. The zero-order valence-corrected chi connectivity index (χ0v) is 12.5. The highest BCUT2D eigenvalue weighted by Gasteiger charge is 2.17. The molecule has 4 heteroatoms. The van der Waals surface area contributed by atoms with Gasteiger partial charge in [-0.1, -0.05) is 13.8 Å². The fourth-order valence-electron chi connectivity index (χ4n) is 2.33. The normalized spacial score (nSPS) is 13.3. The summed E-state index contributed by atoms with van der Waals surface area (Å²) in [6.07, 6.45) is 3.91. The molecule has 0 amide bonds. The Morgan fingerprint density at radius 3 is 2.44 bits per heavy atom. The van der Waals surface area contributed by atoms with Gasteiger partial charge < -0.3 is 10.1 Å². The summed E-state index contributed by atoms with van der Waals surface area (Å²) in [5.74, 6) is 1.54. The molecule has 0 aromatic carbocycles. The van der Waals surface area contributed by atoms with Gasteiger partial charge in [0.1, 0.15) is 0 Å². The molecular weight excluding hydrogens is 226 g/mol. The second-order valence-electron chi connectivity index (χ2n) is 5.38. The number of aromatic nitrogens is 2. The van der Waals surface area contributed by atoms with E-state index >= 15 is 0 Å². The molecule has 1 heterocycles. The van der Waals surface area contributed by atoms with Crippen molar-refractivity contribution in [3.05, 3.63) is 11.9 Å².